The summed E-state index contributed by atoms with van der Waals surface area (Å²) in [4.78, 5) is 22.0. The second-order valence-electron chi connectivity index (χ2n) is 4.68. The fraction of sp³-hybridized carbons (Fsp3) is 0.429. The van der Waals surface area contributed by atoms with Gasteiger partial charge in [-0.1, -0.05) is 30.3 Å². The molecule has 0 aromatic heterocycles. The summed E-state index contributed by atoms with van der Waals surface area (Å²) in [6, 6.07) is 9.48. The van der Waals surface area contributed by atoms with Gasteiger partial charge in [-0.15, -0.1) is 0 Å². The maximum atomic E-state index is 11.4. The number of primary amides is 2. The van der Waals surface area contributed by atoms with Gasteiger partial charge in [-0.3, -0.25) is 9.59 Å². The van der Waals surface area contributed by atoms with E-state index >= 15 is 0 Å². The molecular weight excluding hydrogens is 244 g/mol. The van der Waals surface area contributed by atoms with Crippen molar-refractivity contribution in [2.45, 2.75) is 31.8 Å². The third-order valence-electron chi connectivity index (χ3n) is 3.01. The number of nitrogens with two attached hydrogens (primary N) is 2. The average molecular weight is 264 g/mol. The minimum absolute atomic E-state index is 0.109. The van der Waals surface area contributed by atoms with Crippen LogP contribution in [0.1, 0.15) is 24.8 Å². The van der Waals surface area contributed by atoms with Gasteiger partial charge in [0.15, 0.2) is 0 Å². The summed E-state index contributed by atoms with van der Waals surface area (Å²) in [5.74, 6) is -1.34. The lowest BCUT2D eigenvalue weighted by Crippen LogP contribution is -2.29. The zero-order chi connectivity index (χ0) is 14.3. The lowest BCUT2D eigenvalue weighted by atomic mass is 9.91. The SMILES string of the molecule is NC(=O)CCC(O)CC(Cc1ccccc1)C(N)=O. The zero-order valence-electron chi connectivity index (χ0n) is 10.8. The van der Waals surface area contributed by atoms with E-state index < -0.39 is 23.8 Å². The van der Waals surface area contributed by atoms with E-state index in [0.717, 1.165) is 5.56 Å². The molecule has 1 aromatic rings. The van der Waals surface area contributed by atoms with Crippen molar-refractivity contribution in [1.29, 1.82) is 0 Å². The molecule has 0 fully saturated rings. The van der Waals surface area contributed by atoms with Crippen LogP contribution in [0.5, 0.6) is 0 Å². The second kappa shape index (κ2) is 7.53. The number of carbonyl (C=O) groups is 2. The molecule has 5 nitrogen and oxygen atoms in total. The fourth-order valence-corrected chi connectivity index (χ4v) is 1.95. The molecule has 0 saturated heterocycles. The fourth-order valence-electron chi connectivity index (χ4n) is 1.95. The quantitative estimate of drug-likeness (QED) is 0.630. The summed E-state index contributed by atoms with van der Waals surface area (Å²) in [6.45, 7) is 0. The third kappa shape index (κ3) is 6.01. The van der Waals surface area contributed by atoms with Gasteiger partial charge in [-0.25, -0.2) is 0 Å². The predicted molar refractivity (Wildman–Crippen MR) is 71.9 cm³/mol. The Kier molecular flexibility index (Phi) is 6.02. The Bertz CT molecular complexity index is 420. The van der Waals surface area contributed by atoms with Crippen molar-refractivity contribution >= 4 is 11.8 Å². The standard InChI is InChI=1S/C14H20N2O3/c15-13(18)7-6-12(17)9-11(14(16)19)8-10-4-2-1-3-5-10/h1-5,11-12,17H,6-9H2,(H2,15,18)(H2,16,19). The first-order chi connectivity index (χ1) is 8.99. The molecule has 0 aliphatic rings. The van der Waals surface area contributed by atoms with E-state index in [1.165, 1.54) is 0 Å². The van der Waals surface area contributed by atoms with Crippen LogP contribution in [-0.4, -0.2) is 23.0 Å². The first-order valence-corrected chi connectivity index (χ1v) is 6.28. The zero-order valence-corrected chi connectivity index (χ0v) is 10.8. The molecule has 0 spiro atoms. The summed E-state index contributed by atoms with van der Waals surface area (Å²) < 4.78 is 0. The highest BCUT2D eigenvalue weighted by Gasteiger charge is 2.20. The Morgan fingerprint density at radius 3 is 2.32 bits per heavy atom. The molecule has 0 bridgehead atoms. The van der Waals surface area contributed by atoms with Gasteiger partial charge < -0.3 is 16.6 Å². The minimum Gasteiger partial charge on any atom is -0.393 e. The van der Waals surface area contributed by atoms with Crippen molar-refractivity contribution in [2.75, 3.05) is 0 Å². The monoisotopic (exact) mass is 264 g/mol. The van der Waals surface area contributed by atoms with Crippen molar-refractivity contribution in [3.63, 3.8) is 0 Å². The molecule has 0 radical (unpaired) electrons. The molecule has 104 valence electrons. The molecule has 2 atom stereocenters. The van der Waals surface area contributed by atoms with Crippen molar-refractivity contribution in [3.8, 4) is 0 Å². The van der Waals surface area contributed by atoms with Crippen molar-refractivity contribution in [3.05, 3.63) is 35.9 Å². The number of amides is 2. The van der Waals surface area contributed by atoms with Gasteiger partial charge >= 0.3 is 0 Å². The van der Waals surface area contributed by atoms with Crippen molar-refractivity contribution < 1.29 is 14.7 Å². The molecule has 19 heavy (non-hydrogen) atoms. The highest BCUT2D eigenvalue weighted by atomic mass is 16.3. The number of aliphatic hydroxyl groups is 1. The van der Waals surface area contributed by atoms with Crippen LogP contribution in [0.25, 0.3) is 0 Å². The van der Waals surface area contributed by atoms with Crippen LogP contribution in [0.2, 0.25) is 0 Å². The molecule has 0 aliphatic carbocycles. The number of hydrogen-bond acceptors (Lipinski definition) is 3. The maximum Gasteiger partial charge on any atom is 0.220 e. The highest BCUT2D eigenvalue weighted by Crippen LogP contribution is 2.16. The molecule has 5 heteroatoms. The average Bonchev–Trinajstić information content (AvgIpc) is 2.36. The number of rotatable bonds is 8. The van der Waals surface area contributed by atoms with E-state index in [4.69, 9.17) is 11.5 Å². The van der Waals surface area contributed by atoms with Crippen LogP contribution in [0, 0.1) is 5.92 Å². The van der Waals surface area contributed by atoms with Gasteiger partial charge in [0, 0.05) is 12.3 Å². The molecule has 2 amide bonds. The minimum atomic E-state index is -0.742. The Morgan fingerprint density at radius 1 is 1.16 bits per heavy atom. The molecule has 1 aromatic carbocycles. The van der Waals surface area contributed by atoms with E-state index in [-0.39, 0.29) is 19.3 Å². The third-order valence-corrected chi connectivity index (χ3v) is 3.01. The van der Waals surface area contributed by atoms with E-state index in [1.807, 2.05) is 30.3 Å². The van der Waals surface area contributed by atoms with E-state index in [1.54, 1.807) is 0 Å². The number of carbonyl (C=O) groups excluding carboxylic acids is 2. The first kappa shape index (κ1) is 15.2. The topological polar surface area (TPSA) is 106 Å². The van der Waals surface area contributed by atoms with Gasteiger partial charge in [0.1, 0.15) is 0 Å². The smallest absolute Gasteiger partial charge is 0.220 e. The lowest BCUT2D eigenvalue weighted by molar-refractivity contribution is -0.122. The summed E-state index contributed by atoms with van der Waals surface area (Å²) in [5.41, 5.74) is 11.4. The van der Waals surface area contributed by atoms with E-state index in [0.29, 0.717) is 6.42 Å². The summed E-state index contributed by atoms with van der Waals surface area (Å²) in [5, 5.41) is 9.78. The number of hydrogen-bond donors (Lipinski definition) is 3. The van der Waals surface area contributed by atoms with Crippen LogP contribution in [0.3, 0.4) is 0 Å². The van der Waals surface area contributed by atoms with Crippen LogP contribution >= 0.6 is 0 Å². The normalized spacial score (nSPS) is 13.7. The van der Waals surface area contributed by atoms with Gasteiger partial charge in [0.2, 0.25) is 11.8 Å². The molecule has 2 unspecified atom stereocenters. The Hall–Kier alpha value is -1.88. The first-order valence-electron chi connectivity index (χ1n) is 6.28. The second-order valence-corrected chi connectivity index (χ2v) is 4.68. The Morgan fingerprint density at radius 2 is 1.79 bits per heavy atom. The molecule has 5 N–H and O–H groups in total. The molecule has 0 heterocycles. The molecule has 1 rings (SSSR count). The lowest BCUT2D eigenvalue weighted by Gasteiger charge is -2.17. The molecule has 0 aliphatic heterocycles. The maximum absolute atomic E-state index is 11.4. The van der Waals surface area contributed by atoms with Crippen LogP contribution < -0.4 is 11.5 Å². The highest BCUT2D eigenvalue weighted by molar-refractivity contribution is 5.77. The summed E-state index contributed by atoms with van der Waals surface area (Å²) in [7, 11) is 0. The van der Waals surface area contributed by atoms with Crippen molar-refractivity contribution in [2.24, 2.45) is 17.4 Å². The Labute approximate surface area is 112 Å². The predicted octanol–water partition coefficient (Wildman–Crippen LogP) is 0.347. The summed E-state index contributed by atoms with van der Waals surface area (Å²) >= 11 is 0. The van der Waals surface area contributed by atoms with E-state index in [2.05, 4.69) is 0 Å². The van der Waals surface area contributed by atoms with Crippen LogP contribution in [0.4, 0.5) is 0 Å². The van der Waals surface area contributed by atoms with Crippen LogP contribution in [-0.2, 0) is 16.0 Å². The number of benzene rings is 1. The molecular formula is C14H20N2O3. The number of aliphatic hydroxyl groups excluding tert-OH is 1. The van der Waals surface area contributed by atoms with Crippen LogP contribution in [0.15, 0.2) is 30.3 Å². The largest absolute Gasteiger partial charge is 0.393 e. The van der Waals surface area contributed by atoms with Gasteiger partial charge in [0.25, 0.3) is 0 Å². The van der Waals surface area contributed by atoms with Gasteiger partial charge in [-0.05, 0) is 24.8 Å². The Balaban J connectivity index is 2.53. The van der Waals surface area contributed by atoms with Gasteiger partial charge in [0.05, 0.1) is 6.10 Å². The molecule has 0 saturated carbocycles. The van der Waals surface area contributed by atoms with Gasteiger partial charge in [-0.2, -0.15) is 0 Å². The summed E-state index contributed by atoms with van der Waals surface area (Å²) in [6.07, 6.45) is 0.362. The van der Waals surface area contributed by atoms with Crippen molar-refractivity contribution in [1.82, 2.24) is 0 Å². The van der Waals surface area contributed by atoms with E-state index in [9.17, 15) is 14.7 Å².